The maximum Gasteiger partial charge on any atom is 0.123 e. The average molecular weight is 357 g/mol. The van der Waals surface area contributed by atoms with Crippen molar-refractivity contribution in [3.63, 3.8) is 0 Å². The maximum atomic E-state index is 13.9. The van der Waals surface area contributed by atoms with Crippen molar-refractivity contribution in [2.75, 3.05) is 27.2 Å². The fourth-order valence-electron chi connectivity index (χ4n) is 4.16. The second kappa shape index (κ2) is 8.30. The molecule has 2 aromatic carbocycles. The van der Waals surface area contributed by atoms with Gasteiger partial charge >= 0.3 is 0 Å². The molecule has 3 nitrogen and oxygen atoms in total. The quantitative estimate of drug-likeness (QED) is 0.832. The minimum absolute atomic E-state index is 0.00807. The lowest BCUT2D eigenvalue weighted by Gasteiger charge is -2.31. The predicted octanol–water partition coefficient (Wildman–Crippen LogP) is 3.50. The topological polar surface area (TPSA) is 43.7 Å². The van der Waals surface area contributed by atoms with Crippen LogP contribution < -0.4 is 0 Å². The molecular formula is C22H28FNO2. The van der Waals surface area contributed by atoms with Gasteiger partial charge in [-0.15, -0.1) is 0 Å². The number of nitrogens with zero attached hydrogens (tertiary/aromatic N) is 1. The van der Waals surface area contributed by atoms with Crippen LogP contribution in [0.2, 0.25) is 0 Å². The van der Waals surface area contributed by atoms with Gasteiger partial charge in [-0.3, -0.25) is 0 Å². The van der Waals surface area contributed by atoms with Gasteiger partial charge in [-0.25, -0.2) is 4.39 Å². The molecule has 2 aromatic rings. The number of benzene rings is 2. The van der Waals surface area contributed by atoms with Crippen LogP contribution in [0.15, 0.2) is 42.5 Å². The SMILES string of the molecule is CN(C)CCCC(CO)C1c2ccccc2Cc2ccc(F)cc2[C@@H]1O. The first-order valence-electron chi connectivity index (χ1n) is 9.31. The normalized spacial score (nSPS) is 20.4. The van der Waals surface area contributed by atoms with E-state index in [1.54, 1.807) is 6.07 Å². The summed E-state index contributed by atoms with van der Waals surface area (Å²) < 4.78 is 13.9. The van der Waals surface area contributed by atoms with Crippen molar-refractivity contribution >= 4 is 0 Å². The third-order valence-corrected chi connectivity index (χ3v) is 5.48. The minimum atomic E-state index is -0.819. The van der Waals surface area contributed by atoms with Crippen molar-refractivity contribution in [2.24, 2.45) is 5.92 Å². The fraction of sp³-hybridized carbons (Fsp3) is 0.455. The Labute approximate surface area is 155 Å². The summed E-state index contributed by atoms with van der Waals surface area (Å²) in [6.07, 6.45) is 1.62. The lowest BCUT2D eigenvalue weighted by atomic mass is 9.77. The van der Waals surface area contributed by atoms with E-state index < -0.39 is 6.10 Å². The highest BCUT2D eigenvalue weighted by atomic mass is 19.1. The monoisotopic (exact) mass is 357 g/mol. The van der Waals surface area contributed by atoms with Crippen molar-refractivity contribution in [1.29, 1.82) is 0 Å². The Morgan fingerprint density at radius 1 is 1.12 bits per heavy atom. The molecule has 2 unspecified atom stereocenters. The molecule has 3 rings (SSSR count). The van der Waals surface area contributed by atoms with Crippen LogP contribution in [0, 0.1) is 11.7 Å². The van der Waals surface area contributed by atoms with Crippen LogP contribution in [-0.2, 0) is 6.42 Å². The summed E-state index contributed by atoms with van der Waals surface area (Å²) in [5.41, 5.74) is 3.82. The largest absolute Gasteiger partial charge is 0.396 e. The lowest BCUT2D eigenvalue weighted by Crippen LogP contribution is -2.25. The summed E-state index contributed by atoms with van der Waals surface area (Å²) in [7, 11) is 4.06. The number of aliphatic hydroxyl groups is 2. The summed E-state index contributed by atoms with van der Waals surface area (Å²) in [5, 5.41) is 21.3. The Kier molecular flexibility index (Phi) is 6.07. The summed E-state index contributed by atoms with van der Waals surface area (Å²) in [6.45, 7) is 0.945. The zero-order valence-electron chi connectivity index (χ0n) is 15.5. The average Bonchev–Trinajstić information content (AvgIpc) is 2.73. The van der Waals surface area contributed by atoms with Crippen molar-refractivity contribution in [2.45, 2.75) is 31.3 Å². The molecule has 26 heavy (non-hydrogen) atoms. The molecule has 0 aromatic heterocycles. The van der Waals surface area contributed by atoms with E-state index in [0.29, 0.717) is 12.0 Å². The van der Waals surface area contributed by atoms with Crippen molar-refractivity contribution in [3.05, 3.63) is 70.5 Å². The molecule has 3 atom stereocenters. The van der Waals surface area contributed by atoms with Gasteiger partial charge in [-0.1, -0.05) is 30.3 Å². The summed E-state index contributed by atoms with van der Waals surface area (Å²) in [5.74, 6) is -0.637. The Hall–Kier alpha value is -1.75. The van der Waals surface area contributed by atoms with Gasteiger partial charge in [0.2, 0.25) is 0 Å². The van der Waals surface area contributed by atoms with Crippen LogP contribution in [0.4, 0.5) is 4.39 Å². The molecule has 140 valence electrons. The van der Waals surface area contributed by atoms with Crippen LogP contribution in [-0.4, -0.2) is 42.4 Å². The van der Waals surface area contributed by atoms with Crippen LogP contribution in [0.3, 0.4) is 0 Å². The zero-order chi connectivity index (χ0) is 18.7. The molecule has 0 radical (unpaired) electrons. The van der Waals surface area contributed by atoms with Gasteiger partial charge in [-0.2, -0.15) is 0 Å². The van der Waals surface area contributed by atoms with E-state index in [1.807, 2.05) is 32.3 Å². The van der Waals surface area contributed by atoms with Crippen LogP contribution >= 0.6 is 0 Å². The molecule has 0 heterocycles. The lowest BCUT2D eigenvalue weighted by molar-refractivity contribution is 0.0829. The second-order valence-electron chi connectivity index (χ2n) is 7.58. The highest BCUT2D eigenvalue weighted by molar-refractivity contribution is 5.44. The third kappa shape index (κ3) is 3.98. The standard InChI is InChI=1S/C22H28FNO2/c1-24(2)11-5-7-17(14-25)21-19-8-4-3-6-15(19)12-16-9-10-18(23)13-20(16)22(21)26/h3-4,6,8-10,13,17,21-22,25-26H,5,7,11-12,14H2,1-2H3/t17?,21?,22-/m0/s1. The number of hydrogen-bond acceptors (Lipinski definition) is 3. The maximum absolute atomic E-state index is 13.9. The van der Waals surface area contributed by atoms with Gasteiger partial charge in [0.05, 0.1) is 6.10 Å². The van der Waals surface area contributed by atoms with E-state index in [-0.39, 0.29) is 24.3 Å². The number of fused-ring (bicyclic) bond motifs is 2. The highest BCUT2D eigenvalue weighted by Gasteiger charge is 2.35. The van der Waals surface area contributed by atoms with Crippen molar-refractivity contribution < 1.29 is 14.6 Å². The molecule has 1 aliphatic carbocycles. The van der Waals surface area contributed by atoms with E-state index >= 15 is 0 Å². The number of hydrogen-bond donors (Lipinski definition) is 2. The predicted molar refractivity (Wildman–Crippen MR) is 102 cm³/mol. The molecule has 0 bridgehead atoms. The van der Waals surface area contributed by atoms with Crippen molar-refractivity contribution in [1.82, 2.24) is 4.90 Å². The fourth-order valence-corrected chi connectivity index (χ4v) is 4.16. The molecule has 1 aliphatic rings. The second-order valence-corrected chi connectivity index (χ2v) is 7.58. The van der Waals surface area contributed by atoms with E-state index in [9.17, 15) is 14.6 Å². The smallest absolute Gasteiger partial charge is 0.123 e. The van der Waals surface area contributed by atoms with Gasteiger partial charge < -0.3 is 15.1 Å². The number of aliphatic hydroxyl groups excluding tert-OH is 2. The molecular weight excluding hydrogens is 329 g/mol. The molecule has 0 fully saturated rings. The Morgan fingerprint density at radius 3 is 2.58 bits per heavy atom. The van der Waals surface area contributed by atoms with Gasteiger partial charge in [0.25, 0.3) is 0 Å². The van der Waals surface area contributed by atoms with Crippen molar-refractivity contribution in [3.8, 4) is 0 Å². The first kappa shape index (κ1) is 19.0. The number of rotatable bonds is 6. The number of halogens is 1. The zero-order valence-corrected chi connectivity index (χ0v) is 15.5. The van der Waals surface area contributed by atoms with Gasteiger partial charge in [-0.05, 0) is 80.2 Å². The van der Waals surface area contributed by atoms with Gasteiger partial charge in [0, 0.05) is 12.5 Å². The molecule has 0 saturated heterocycles. The molecule has 4 heteroatoms. The van der Waals surface area contributed by atoms with E-state index in [4.69, 9.17) is 0 Å². The minimum Gasteiger partial charge on any atom is -0.396 e. The highest BCUT2D eigenvalue weighted by Crippen LogP contribution is 2.44. The van der Waals surface area contributed by atoms with E-state index in [2.05, 4.69) is 11.0 Å². The molecule has 0 spiro atoms. The summed E-state index contributed by atoms with van der Waals surface area (Å²) in [6, 6.07) is 12.8. The summed E-state index contributed by atoms with van der Waals surface area (Å²) >= 11 is 0. The third-order valence-electron chi connectivity index (χ3n) is 5.48. The molecule has 0 amide bonds. The summed E-state index contributed by atoms with van der Waals surface area (Å²) in [4.78, 5) is 2.12. The van der Waals surface area contributed by atoms with Crippen LogP contribution in [0.5, 0.6) is 0 Å². The molecule has 2 N–H and O–H groups in total. The Balaban J connectivity index is 2.00. The molecule has 0 aliphatic heterocycles. The van der Waals surface area contributed by atoms with Gasteiger partial charge in [0.15, 0.2) is 0 Å². The first-order valence-corrected chi connectivity index (χ1v) is 9.31. The van der Waals surface area contributed by atoms with Crippen LogP contribution in [0.25, 0.3) is 0 Å². The first-order chi connectivity index (χ1) is 12.5. The molecule has 0 saturated carbocycles. The Bertz CT molecular complexity index is 747. The van der Waals surface area contributed by atoms with Crippen LogP contribution in [0.1, 0.15) is 47.1 Å². The Morgan fingerprint density at radius 2 is 1.85 bits per heavy atom. The van der Waals surface area contributed by atoms with E-state index in [0.717, 1.165) is 36.1 Å². The van der Waals surface area contributed by atoms with Gasteiger partial charge in [0.1, 0.15) is 5.82 Å². The van der Waals surface area contributed by atoms with E-state index in [1.165, 1.54) is 12.1 Å².